The maximum Gasteiger partial charge on any atom is 0.251 e. The summed E-state index contributed by atoms with van der Waals surface area (Å²) in [5.74, 6) is -0.0679. The van der Waals surface area contributed by atoms with Crippen molar-refractivity contribution in [2.45, 2.75) is 5.92 Å². The summed E-state index contributed by atoms with van der Waals surface area (Å²) in [5.41, 5.74) is 4.88. The van der Waals surface area contributed by atoms with Crippen LogP contribution in [0.15, 0.2) is 97.7 Å². The Labute approximate surface area is 179 Å². The maximum atomic E-state index is 12.9. The van der Waals surface area contributed by atoms with E-state index in [9.17, 15) is 4.79 Å². The normalized spacial score (nSPS) is 12.0. The van der Waals surface area contributed by atoms with Crippen LogP contribution >= 0.6 is 0 Å². The van der Waals surface area contributed by atoms with E-state index in [0.29, 0.717) is 12.1 Å². The minimum Gasteiger partial charge on any atom is -0.361 e. The Hall–Kier alpha value is -4.19. The number of nitrogens with one attached hydrogen (secondary N) is 2. The lowest BCUT2D eigenvalue weighted by atomic mass is 9.91. The van der Waals surface area contributed by atoms with Gasteiger partial charge in [-0.15, -0.1) is 0 Å². The number of aromatic amines is 1. The molecule has 2 aromatic heterocycles. The van der Waals surface area contributed by atoms with Crippen LogP contribution in [0.1, 0.15) is 27.4 Å². The molecule has 0 saturated heterocycles. The molecule has 0 spiro atoms. The van der Waals surface area contributed by atoms with Gasteiger partial charge in [0.1, 0.15) is 12.7 Å². The predicted octanol–water partition coefficient (Wildman–Crippen LogP) is 4.31. The van der Waals surface area contributed by atoms with Crippen LogP contribution in [-0.4, -0.2) is 32.2 Å². The van der Waals surface area contributed by atoms with E-state index >= 15 is 0 Å². The first-order valence-corrected chi connectivity index (χ1v) is 10.1. The summed E-state index contributed by atoms with van der Waals surface area (Å²) in [4.78, 5) is 20.2. The molecule has 1 atom stereocenters. The smallest absolute Gasteiger partial charge is 0.251 e. The predicted molar refractivity (Wildman–Crippen MR) is 120 cm³/mol. The number of benzene rings is 3. The van der Waals surface area contributed by atoms with Crippen LogP contribution < -0.4 is 5.32 Å². The Bertz CT molecular complexity index is 1290. The Morgan fingerprint density at radius 3 is 2.52 bits per heavy atom. The van der Waals surface area contributed by atoms with E-state index in [1.807, 2.05) is 48.7 Å². The number of hydrogen-bond acceptors (Lipinski definition) is 3. The molecule has 6 heteroatoms. The molecule has 1 unspecified atom stereocenters. The average Bonchev–Trinajstić information content (AvgIpc) is 3.51. The standard InChI is InChI=1S/C25H21N5O/c31-25(19-10-12-20(13-11-19)30-17-26-16-29-30)28-14-22(18-6-2-1-3-7-18)23-15-27-24-9-5-4-8-21(23)24/h1-13,15-17,22,27H,14H2,(H,28,31). The fourth-order valence-corrected chi connectivity index (χ4v) is 3.88. The number of rotatable bonds is 6. The molecule has 2 heterocycles. The van der Waals surface area contributed by atoms with Crippen LogP contribution in [0.3, 0.4) is 0 Å². The molecule has 0 aliphatic carbocycles. The second-order valence-electron chi connectivity index (χ2n) is 7.35. The Kier molecular flexibility index (Phi) is 5.02. The van der Waals surface area contributed by atoms with Gasteiger partial charge in [0.2, 0.25) is 0 Å². The Morgan fingerprint density at radius 1 is 0.968 bits per heavy atom. The zero-order chi connectivity index (χ0) is 21.0. The van der Waals surface area contributed by atoms with Gasteiger partial charge in [-0.3, -0.25) is 4.79 Å². The highest BCUT2D eigenvalue weighted by Gasteiger charge is 2.19. The fraction of sp³-hybridized carbons (Fsp3) is 0.0800. The molecule has 0 radical (unpaired) electrons. The van der Waals surface area contributed by atoms with Gasteiger partial charge in [0.15, 0.2) is 0 Å². The first kappa shape index (κ1) is 18.8. The molecule has 0 saturated carbocycles. The van der Waals surface area contributed by atoms with Crippen LogP contribution in [0.5, 0.6) is 0 Å². The van der Waals surface area contributed by atoms with Crippen molar-refractivity contribution in [1.29, 1.82) is 0 Å². The average molecular weight is 407 g/mol. The molecule has 0 aliphatic heterocycles. The van der Waals surface area contributed by atoms with Gasteiger partial charge in [0.05, 0.1) is 5.69 Å². The monoisotopic (exact) mass is 407 g/mol. The van der Waals surface area contributed by atoms with E-state index in [0.717, 1.165) is 16.8 Å². The molecule has 1 amide bonds. The summed E-state index contributed by atoms with van der Waals surface area (Å²) in [6.45, 7) is 0.496. The lowest BCUT2D eigenvalue weighted by Gasteiger charge is -2.18. The van der Waals surface area contributed by atoms with Crippen molar-refractivity contribution in [3.8, 4) is 5.69 Å². The number of nitrogens with zero attached hydrogens (tertiary/aromatic N) is 3. The Morgan fingerprint density at radius 2 is 1.74 bits per heavy atom. The highest BCUT2D eigenvalue weighted by molar-refractivity contribution is 5.94. The van der Waals surface area contributed by atoms with Crippen molar-refractivity contribution in [2.75, 3.05) is 6.54 Å². The molecule has 3 aromatic carbocycles. The topological polar surface area (TPSA) is 75.6 Å². The number of para-hydroxylation sites is 1. The SMILES string of the molecule is O=C(NCC(c1ccccc1)c1c[nH]c2ccccc12)c1ccc(-n2cncn2)cc1. The fourth-order valence-electron chi connectivity index (χ4n) is 3.88. The molecule has 2 N–H and O–H groups in total. The summed E-state index contributed by atoms with van der Waals surface area (Å²) in [7, 11) is 0. The maximum absolute atomic E-state index is 12.9. The molecule has 152 valence electrons. The zero-order valence-corrected chi connectivity index (χ0v) is 16.8. The third-order valence-corrected chi connectivity index (χ3v) is 5.48. The van der Waals surface area contributed by atoms with E-state index in [2.05, 4.69) is 44.6 Å². The zero-order valence-electron chi connectivity index (χ0n) is 16.8. The minimum absolute atomic E-state index is 0.0377. The molecule has 5 aromatic rings. The van der Waals surface area contributed by atoms with Crippen molar-refractivity contribution in [3.63, 3.8) is 0 Å². The number of fused-ring (bicyclic) bond motifs is 1. The lowest BCUT2D eigenvalue weighted by Crippen LogP contribution is -2.28. The van der Waals surface area contributed by atoms with Crippen molar-refractivity contribution >= 4 is 16.8 Å². The first-order chi connectivity index (χ1) is 15.3. The van der Waals surface area contributed by atoms with Gasteiger partial charge in [0, 0.05) is 35.1 Å². The number of H-pyrrole nitrogens is 1. The second kappa shape index (κ2) is 8.28. The second-order valence-corrected chi connectivity index (χ2v) is 7.35. The molecule has 0 bridgehead atoms. The molecular weight excluding hydrogens is 386 g/mol. The summed E-state index contributed by atoms with van der Waals surface area (Å²) < 4.78 is 1.66. The van der Waals surface area contributed by atoms with Gasteiger partial charge >= 0.3 is 0 Å². The van der Waals surface area contributed by atoms with E-state index in [4.69, 9.17) is 0 Å². The number of carbonyl (C=O) groups is 1. The van der Waals surface area contributed by atoms with Gasteiger partial charge in [-0.05, 0) is 41.5 Å². The van der Waals surface area contributed by atoms with Crippen LogP contribution in [-0.2, 0) is 0 Å². The molecule has 0 fully saturated rings. The number of aromatic nitrogens is 4. The number of hydrogen-bond donors (Lipinski definition) is 2. The largest absolute Gasteiger partial charge is 0.361 e. The van der Waals surface area contributed by atoms with Gasteiger partial charge in [0.25, 0.3) is 5.91 Å². The molecule has 31 heavy (non-hydrogen) atoms. The van der Waals surface area contributed by atoms with Gasteiger partial charge in [-0.1, -0.05) is 48.5 Å². The van der Waals surface area contributed by atoms with E-state index in [-0.39, 0.29) is 11.8 Å². The lowest BCUT2D eigenvalue weighted by molar-refractivity contribution is 0.0952. The third kappa shape index (κ3) is 3.83. The number of carbonyl (C=O) groups excluding carboxylic acids is 1. The van der Waals surface area contributed by atoms with Gasteiger partial charge < -0.3 is 10.3 Å². The Balaban J connectivity index is 1.38. The van der Waals surface area contributed by atoms with Crippen LogP contribution in [0.4, 0.5) is 0 Å². The van der Waals surface area contributed by atoms with Gasteiger partial charge in [-0.2, -0.15) is 5.10 Å². The minimum atomic E-state index is -0.106. The highest BCUT2D eigenvalue weighted by Crippen LogP contribution is 2.30. The van der Waals surface area contributed by atoms with E-state index in [1.165, 1.54) is 17.3 Å². The van der Waals surface area contributed by atoms with Crippen LogP contribution in [0, 0.1) is 0 Å². The summed E-state index contributed by atoms with van der Waals surface area (Å²) >= 11 is 0. The van der Waals surface area contributed by atoms with Crippen molar-refractivity contribution in [1.82, 2.24) is 25.1 Å². The van der Waals surface area contributed by atoms with Crippen LogP contribution in [0.2, 0.25) is 0 Å². The summed E-state index contributed by atoms with van der Waals surface area (Å²) in [6, 6.07) is 25.8. The first-order valence-electron chi connectivity index (χ1n) is 10.1. The third-order valence-electron chi connectivity index (χ3n) is 5.48. The van der Waals surface area contributed by atoms with E-state index in [1.54, 1.807) is 23.1 Å². The molecule has 6 nitrogen and oxygen atoms in total. The number of amides is 1. The summed E-state index contributed by atoms with van der Waals surface area (Å²) in [5, 5.41) is 8.40. The summed E-state index contributed by atoms with van der Waals surface area (Å²) in [6.07, 6.45) is 5.15. The molecular formula is C25H21N5O. The quantitative estimate of drug-likeness (QED) is 0.440. The molecule has 0 aliphatic rings. The van der Waals surface area contributed by atoms with Gasteiger partial charge in [-0.25, -0.2) is 9.67 Å². The van der Waals surface area contributed by atoms with E-state index < -0.39 is 0 Å². The van der Waals surface area contributed by atoms with Crippen molar-refractivity contribution < 1.29 is 4.79 Å². The van der Waals surface area contributed by atoms with Crippen molar-refractivity contribution in [3.05, 3.63) is 114 Å². The molecule has 5 rings (SSSR count). The van der Waals surface area contributed by atoms with Crippen molar-refractivity contribution in [2.24, 2.45) is 0 Å². The van der Waals surface area contributed by atoms with Crippen LogP contribution in [0.25, 0.3) is 16.6 Å². The highest BCUT2D eigenvalue weighted by atomic mass is 16.1.